The number of benzene rings is 1. The number of ether oxygens (including phenoxy) is 1. The number of likely N-dealkylation sites (tertiary alicyclic amines) is 1. The van der Waals surface area contributed by atoms with E-state index < -0.39 is 0 Å². The highest BCUT2D eigenvalue weighted by Crippen LogP contribution is 2.26. The van der Waals surface area contributed by atoms with E-state index >= 15 is 0 Å². The molecular formula is C23H30N4O2. The minimum atomic E-state index is 0.227. The summed E-state index contributed by atoms with van der Waals surface area (Å²) in [6.07, 6.45) is 6.35. The molecule has 0 spiro atoms. The van der Waals surface area contributed by atoms with Crippen LogP contribution in [0.15, 0.2) is 30.5 Å². The van der Waals surface area contributed by atoms with Gasteiger partial charge in [-0.25, -0.2) is 9.97 Å². The number of carbonyl (C=O) groups excluding carboxylic acids is 1. The van der Waals surface area contributed by atoms with Gasteiger partial charge >= 0.3 is 0 Å². The second-order valence-corrected chi connectivity index (χ2v) is 8.21. The standard InChI is InChI=1S/C23H30N4O2/c1-26-13-11-21-19(15-26)14-24-23(25-21)18-4-3-12-27(16-18)22(28)10-7-17-5-8-20(29-2)9-6-17/h5-6,8-9,14,18H,3-4,7,10-13,15-16H2,1-2H3/t18-/m1/s1. The van der Waals surface area contributed by atoms with E-state index in [0.29, 0.717) is 6.42 Å². The van der Waals surface area contributed by atoms with Gasteiger partial charge in [0, 0.05) is 62.4 Å². The Morgan fingerprint density at radius 3 is 2.86 bits per heavy atom. The zero-order valence-electron chi connectivity index (χ0n) is 17.4. The molecule has 6 nitrogen and oxygen atoms in total. The van der Waals surface area contributed by atoms with Crippen molar-refractivity contribution in [3.8, 4) is 5.75 Å². The third kappa shape index (κ3) is 4.75. The lowest BCUT2D eigenvalue weighted by atomic mass is 9.96. The van der Waals surface area contributed by atoms with Crippen LogP contribution >= 0.6 is 0 Å². The number of carbonyl (C=O) groups is 1. The summed E-state index contributed by atoms with van der Waals surface area (Å²) in [5, 5.41) is 0. The summed E-state index contributed by atoms with van der Waals surface area (Å²) in [6, 6.07) is 7.96. The first-order chi connectivity index (χ1) is 14.1. The molecule has 154 valence electrons. The molecule has 2 aromatic rings. The molecule has 1 saturated heterocycles. The summed E-state index contributed by atoms with van der Waals surface area (Å²) in [4.78, 5) is 26.7. The summed E-state index contributed by atoms with van der Waals surface area (Å²) >= 11 is 0. The molecule has 0 N–H and O–H groups in total. The predicted octanol–water partition coefficient (Wildman–Crippen LogP) is 2.81. The molecule has 1 aromatic heterocycles. The Labute approximate surface area is 172 Å². The zero-order valence-corrected chi connectivity index (χ0v) is 17.4. The molecule has 2 aliphatic rings. The van der Waals surface area contributed by atoms with Gasteiger partial charge in [-0.15, -0.1) is 0 Å². The van der Waals surface area contributed by atoms with Crippen LogP contribution in [0.2, 0.25) is 0 Å². The fourth-order valence-corrected chi connectivity index (χ4v) is 4.29. The molecular weight excluding hydrogens is 364 g/mol. The lowest BCUT2D eigenvalue weighted by molar-refractivity contribution is -0.132. The Balaban J connectivity index is 1.35. The number of likely N-dealkylation sites (N-methyl/N-ethyl adjacent to an activating group) is 1. The fraction of sp³-hybridized carbons (Fsp3) is 0.522. The van der Waals surface area contributed by atoms with Gasteiger partial charge < -0.3 is 14.5 Å². The van der Waals surface area contributed by atoms with E-state index in [1.54, 1.807) is 7.11 Å². The largest absolute Gasteiger partial charge is 0.497 e. The van der Waals surface area contributed by atoms with Crippen molar-refractivity contribution >= 4 is 5.91 Å². The Hall–Kier alpha value is -2.47. The molecule has 4 rings (SSSR count). The molecule has 3 heterocycles. The van der Waals surface area contributed by atoms with Crippen LogP contribution in [-0.4, -0.2) is 59.5 Å². The summed E-state index contributed by atoms with van der Waals surface area (Å²) in [7, 11) is 3.80. The molecule has 0 bridgehead atoms. The van der Waals surface area contributed by atoms with E-state index in [2.05, 4.69) is 16.9 Å². The van der Waals surface area contributed by atoms with Gasteiger partial charge in [-0.1, -0.05) is 12.1 Å². The van der Waals surface area contributed by atoms with Crippen molar-refractivity contribution in [3.05, 3.63) is 53.1 Å². The number of aromatic nitrogens is 2. The van der Waals surface area contributed by atoms with Gasteiger partial charge in [0.25, 0.3) is 0 Å². The van der Waals surface area contributed by atoms with Crippen molar-refractivity contribution in [1.82, 2.24) is 19.8 Å². The molecule has 0 saturated carbocycles. The van der Waals surface area contributed by atoms with Gasteiger partial charge in [0.2, 0.25) is 5.91 Å². The van der Waals surface area contributed by atoms with Crippen molar-refractivity contribution < 1.29 is 9.53 Å². The van der Waals surface area contributed by atoms with Gasteiger partial charge in [-0.2, -0.15) is 0 Å². The first-order valence-corrected chi connectivity index (χ1v) is 10.6. The number of methoxy groups -OCH3 is 1. The molecule has 1 amide bonds. The van der Waals surface area contributed by atoms with Crippen molar-refractivity contribution in [3.63, 3.8) is 0 Å². The SMILES string of the molecule is COc1ccc(CCC(=O)N2CCC[C@@H](c3ncc4c(n3)CCN(C)C4)C2)cc1. The zero-order chi connectivity index (χ0) is 20.2. The quantitative estimate of drug-likeness (QED) is 0.781. The minimum absolute atomic E-state index is 0.227. The Morgan fingerprint density at radius 2 is 2.07 bits per heavy atom. The third-order valence-corrected chi connectivity index (χ3v) is 6.07. The maximum absolute atomic E-state index is 12.8. The fourth-order valence-electron chi connectivity index (χ4n) is 4.29. The second kappa shape index (κ2) is 8.91. The molecule has 0 unspecified atom stereocenters. The minimum Gasteiger partial charge on any atom is -0.497 e. The highest BCUT2D eigenvalue weighted by molar-refractivity contribution is 5.76. The number of piperidine rings is 1. The second-order valence-electron chi connectivity index (χ2n) is 8.21. The lowest BCUT2D eigenvalue weighted by Crippen LogP contribution is -2.39. The molecule has 2 aliphatic heterocycles. The van der Waals surface area contributed by atoms with Crippen LogP contribution in [0, 0.1) is 0 Å². The van der Waals surface area contributed by atoms with Crippen LogP contribution in [-0.2, 0) is 24.2 Å². The maximum atomic E-state index is 12.8. The van der Waals surface area contributed by atoms with Crippen molar-refractivity contribution in [2.24, 2.45) is 0 Å². The van der Waals surface area contributed by atoms with Crippen LogP contribution in [0.4, 0.5) is 0 Å². The van der Waals surface area contributed by atoms with Crippen LogP contribution in [0.3, 0.4) is 0 Å². The Morgan fingerprint density at radius 1 is 1.24 bits per heavy atom. The van der Waals surface area contributed by atoms with Gasteiger partial charge in [0.15, 0.2) is 0 Å². The summed E-state index contributed by atoms with van der Waals surface area (Å²) < 4.78 is 5.19. The van der Waals surface area contributed by atoms with Crippen molar-refractivity contribution in [1.29, 1.82) is 0 Å². The topological polar surface area (TPSA) is 58.6 Å². The summed E-state index contributed by atoms with van der Waals surface area (Å²) in [5.41, 5.74) is 3.59. The van der Waals surface area contributed by atoms with E-state index in [4.69, 9.17) is 9.72 Å². The third-order valence-electron chi connectivity index (χ3n) is 6.07. The molecule has 0 aliphatic carbocycles. The smallest absolute Gasteiger partial charge is 0.222 e. The first kappa shape index (κ1) is 19.8. The summed E-state index contributed by atoms with van der Waals surface area (Å²) in [6.45, 7) is 3.55. The van der Waals surface area contributed by atoms with Crippen LogP contribution in [0.25, 0.3) is 0 Å². The molecule has 1 aromatic carbocycles. The molecule has 29 heavy (non-hydrogen) atoms. The number of hydrogen-bond donors (Lipinski definition) is 0. The van der Waals surface area contributed by atoms with Gasteiger partial charge in [0.05, 0.1) is 7.11 Å². The van der Waals surface area contributed by atoms with E-state index in [1.807, 2.05) is 35.4 Å². The molecule has 1 atom stereocenters. The summed E-state index contributed by atoms with van der Waals surface area (Å²) in [5.74, 6) is 2.24. The van der Waals surface area contributed by atoms with E-state index in [1.165, 1.54) is 11.3 Å². The van der Waals surface area contributed by atoms with Crippen LogP contribution in [0.5, 0.6) is 5.75 Å². The number of fused-ring (bicyclic) bond motifs is 1. The van der Waals surface area contributed by atoms with Gasteiger partial charge in [0.1, 0.15) is 11.6 Å². The average Bonchev–Trinajstić information content (AvgIpc) is 2.77. The monoisotopic (exact) mass is 394 g/mol. The Kier molecular flexibility index (Phi) is 6.09. The lowest BCUT2D eigenvalue weighted by Gasteiger charge is -2.33. The number of rotatable bonds is 5. The first-order valence-electron chi connectivity index (χ1n) is 10.6. The molecule has 6 heteroatoms. The van der Waals surface area contributed by atoms with Crippen LogP contribution in [0.1, 0.15) is 47.8 Å². The van der Waals surface area contributed by atoms with E-state index in [9.17, 15) is 4.79 Å². The van der Waals surface area contributed by atoms with E-state index in [0.717, 1.165) is 69.0 Å². The number of aryl methyl sites for hydroxylation is 1. The molecule has 1 fully saturated rings. The highest BCUT2D eigenvalue weighted by atomic mass is 16.5. The number of amides is 1. The van der Waals surface area contributed by atoms with Gasteiger partial charge in [-0.3, -0.25) is 4.79 Å². The Bertz CT molecular complexity index is 852. The maximum Gasteiger partial charge on any atom is 0.222 e. The van der Waals surface area contributed by atoms with Crippen molar-refractivity contribution in [2.75, 3.05) is 33.8 Å². The predicted molar refractivity (Wildman–Crippen MR) is 112 cm³/mol. The normalized spacial score (nSPS) is 19.7. The average molecular weight is 395 g/mol. The van der Waals surface area contributed by atoms with Crippen LogP contribution < -0.4 is 4.74 Å². The molecule has 0 radical (unpaired) electrons. The van der Waals surface area contributed by atoms with E-state index in [-0.39, 0.29) is 11.8 Å². The number of nitrogens with zero attached hydrogens (tertiary/aromatic N) is 4. The van der Waals surface area contributed by atoms with Gasteiger partial charge in [-0.05, 0) is 44.0 Å². The van der Waals surface area contributed by atoms with Crippen molar-refractivity contribution in [2.45, 2.75) is 44.6 Å². The highest BCUT2D eigenvalue weighted by Gasteiger charge is 2.27. The number of hydrogen-bond acceptors (Lipinski definition) is 5.